The number of hydrogen-bond acceptors (Lipinski definition) is 2. The van der Waals surface area contributed by atoms with Crippen LogP contribution in [0.25, 0.3) is 0 Å². The molecule has 0 aliphatic rings. The molecule has 0 aliphatic heterocycles. The smallest absolute Gasteiger partial charge is 0.303 e. The molecule has 0 fully saturated rings. The molecule has 0 amide bonds. The van der Waals surface area contributed by atoms with Crippen molar-refractivity contribution in [1.82, 2.24) is 0 Å². The van der Waals surface area contributed by atoms with Crippen LogP contribution in [0.5, 0.6) is 0 Å². The number of carbonyl (C=O) groups is 1. The molecule has 1 unspecified atom stereocenters. The Morgan fingerprint density at radius 1 is 0.840 bits per heavy atom. The zero-order valence-corrected chi connectivity index (χ0v) is 15.3. The molecule has 0 rings (SSSR count). The Labute approximate surface area is 152 Å². The predicted octanol–water partition coefficient (Wildman–Crippen LogP) is 5.52. The number of hydrogen-bond donors (Lipinski definition) is 2. The van der Waals surface area contributed by atoms with E-state index in [4.69, 9.17) is 5.11 Å². The zero-order valence-electron chi connectivity index (χ0n) is 15.3. The maximum atomic E-state index is 10.3. The third kappa shape index (κ3) is 19.8. The molecular formula is C22H32O3. The highest BCUT2D eigenvalue weighted by molar-refractivity contribution is 5.66. The van der Waals surface area contributed by atoms with Crippen molar-refractivity contribution in [2.24, 2.45) is 0 Å². The van der Waals surface area contributed by atoms with Gasteiger partial charge < -0.3 is 10.2 Å². The Hall–Kier alpha value is -2.13. The number of carboxylic acid groups (broad SMARTS) is 1. The lowest BCUT2D eigenvalue weighted by Crippen LogP contribution is -1.99. The first-order chi connectivity index (χ1) is 12.2. The first-order valence-electron chi connectivity index (χ1n) is 9.00. The van der Waals surface area contributed by atoms with Gasteiger partial charge in [-0.2, -0.15) is 0 Å². The van der Waals surface area contributed by atoms with E-state index in [1.807, 2.05) is 24.3 Å². The van der Waals surface area contributed by atoms with Crippen molar-refractivity contribution in [3.05, 3.63) is 72.9 Å². The van der Waals surface area contributed by atoms with Crippen molar-refractivity contribution in [1.29, 1.82) is 0 Å². The van der Waals surface area contributed by atoms with Gasteiger partial charge in [-0.3, -0.25) is 4.79 Å². The van der Waals surface area contributed by atoms with Gasteiger partial charge in [0.05, 0.1) is 6.10 Å². The summed E-state index contributed by atoms with van der Waals surface area (Å²) < 4.78 is 0. The lowest BCUT2D eigenvalue weighted by Gasteiger charge is -1.98. The Morgan fingerprint density at radius 3 is 2.04 bits per heavy atom. The van der Waals surface area contributed by atoms with Crippen LogP contribution in [0, 0.1) is 0 Å². The molecule has 25 heavy (non-hydrogen) atoms. The van der Waals surface area contributed by atoms with E-state index in [1.165, 1.54) is 0 Å². The highest BCUT2D eigenvalue weighted by atomic mass is 16.4. The summed E-state index contributed by atoms with van der Waals surface area (Å²) in [5.74, 6) is -0.801. The van der Waals surface area contributed by atoms with Gasteiger partial charge in [0, 0.05) is 6.42 Å². The second-order valence-electron chi connectivity index (χ2n) is 5.55. The van der Waals surface area contributed by atoms with Crippen LogP contribution in [0.1, 0.15) is 51.9 Å². The number of aliphatic carboxylic acids is 1. The van der Waals surface area contributed by atoms with Crippen molar-refractivity contribution in [2.45, 2.75) is 58.0 Å². The van der Waals surface area contributed by atoms with Crippen LogP contribution in [0.2, 0.25) is 0 Å². The number of allylic oxidation sites excluding steroid dienone is 10. The van der Waals surface area contributed by atoms with Gasteiger partial charge in [0.25, 0.3) is 0 Å². The maximum Gasteiger partial charge on any atom is 0.303 e. The second kappa shape index (κ2) is 18.2. The van der Waals surface area contributed by atoms with Crippen molar-refractivity contribution in [3.8, 4) is 0 Å². The summed E-state index contributed by atoms with van der Waals surface area (Å²) in [5, 5.41) is 18.2. The van der Waals surface area contributed by atoms with E-state index in [0.717, 1.165) is 25.7 Å². The monoisotopic (exact) mass is 344 g/mol. The Morgan fingerprint density at radius 2 is 1.44 bits per heavy atom. The van der Waals surface area contributed by atoms with Gasteiger partial charge in [-0.05, 0) is 38.5 Å². The SMILES string of the molecule is CC/C=C\C/C=C\C/C=C\C/C=C\C=C/C(O)C/C=C\CCC(=O)O. The van der Waals surface area contributed by atoms with Gasteiger partial charge >= 0.3 is 5.97 Å². The maximum absolute atomic E-state index is 10.3. The van der Waals surface area contributed by atoms with E-state index in [-0.39, 0.29) is 6.42 Å². The molecule has 0 aromatic heterocycles. The lowest BCUT2D eigenvalue weighted by molar-refractivity contribution is -0.136. The fourth-order valence-corrected chi connectivity index (χ4v) is 1.87. The summed E-state index contributed by atoms with van der Waals surface area (Å²) in [7, 11) is 0. The first kappa shape index (κ1) is 22.9. The predicted molar refractivity (Wildman–Crippen MR) is 106 cm³/mol. The molecule has 3 nitrogen and oxygen atoms in total. The quantitative estimate of drug-likeness (QED) is 0.322. The molecule has 0 aliphatic carbocycles. The van der Waals surface area contributed by atoms with E-state index in [2.05, 4.69) is 43.4 Å². The minimum Gasteiger partial charge on any atom is -0.481 e. The van der Waals surface area contributed by atoms with Crippen LogP contribution in [0.3, 0.4) is 0 Å². The molecule has 0 spiro atoms. The molecule has 2 N–H and O–H groups in total. The van der Waals surface area contributed by atoms with Crippen molar-refractivity contribution < 1.29 is 15.0 Å². The van der Waals surface area contributed by atoms with Crippen molar-refractivity contribution >= 4 is 5.97 Å². The molecule has 138 valence electrons. The minimum absolute atomic E-state index is 0.129. The lowest BCUT2D eigenvalue weighted by atomic mass is 10.2. The number of aliphatic hydroxyl groups excluding tert-OH is 1. The minimum atomic E-state index is -0.801. The van der Waals surface area contributed by atoms with Gasteiger partial charge in [-0.25, -0.2) is 0 Å². The molecule has 3 heteroatoms. The Bertz CT molecular complexity index is 493. The average molecular weight is 344 g/mol. The van der Waals surface area contributed by atoms with E-state index >= 15 is 0 Å². The fourth-order valence-electron chi connectivity index (χ4n) is 1.87. The topological polar surface area (TPSA) is 57.5 Å². The largest absolute Gasteiger partial charge is 0.481 e. The first-order valence-corrected chi connectivity index (χ1v) is 9.00. The van der Waals surface area contributed by atoms with Gasteiger partial charge in [0.1, 0.15) is 0 Å². The summed E-state index contributed by atoms with van der Waals surface area (Å²) in [5.41, 5.74) is 0. The van der Waals surface area contributed by atoms with E-state index in [9.17, 15) is 9.90 Å². The molecule has 0 radical (unpaired) electrons. The Balaban J connectivity index is 3.71. The van der Waals surface area contributed by atoms with Crippen LogP contribution in [0.4, 0.5) is 0 Å². The second-order valence-corrected chi connectivity index (χ2v) is 5.55. The van der Waals surface area contributed by atoms with Crippen LogP contribution in [0.15, 0.2) is 72.9 Å². The average Bonchev–Trinajstić information content (AvgIpc) is 2.58. The van der Waals surface area contributed by atoms with Crippen molar-refractivity contribution in [2.75, 3.05) is 0 Å². The van der Waals surface area contributed by atoms with E-state index in [0.29, 0.717) is 12.8 Å². The normalized spacial score (nSPS) is 14.3. The van der Waals surface area contributed by atoms with Gasteiger partial charge in [-0.15, -0.1) is 0 Å². The summed E-state index contributed by atoms with van der Waals surface area (Å²) in [6, 6.07) is 0. The molecule has 0 saturated heterocycles. The summed E-state index contributed by atoms with van der Waals surface area (Å²) >= 11 is 0. The molecule has 0 bridgehead atoms. The molecule has 0 aromatic rings. The molecule has 1 atom stereocenters. The number of carboxylic acids is 1. The third-order valence-electron chi connectivity index (χ3n) is 3.20. The van der Waals surface area contributed by atoms with Crippen LogP contribution < -0.4 is 0 Å². The standard InChI is InChI=1S/C22H32O3/c1-2-3-4-5-6-7-8-9-10-11-12-13-15-18-21(23)19-16-14-17-20-22(24)25/h3-4,6-7,9-10,12-16,18,21,23H,2,5,8,11,17,19-20H2,1H3,(H,24,25)/b4-3-,7-6-,10-9-,13-12-,16-14-,18-15-. The van der Waals surface area contributed by atoms with Gasteiger partial charge in [-0.1, -0.05) is 79.8 Å². The molecular weight excluding hydrogens is 312 g/mol. The van der Waals surface area contributed by atoms with Gasteiger partial charge in [0.2, 0.25) is 0 Å². The van der Waals surface area contributed by atoms with E-state index < -0.39 is 12.1 Å². The zero-order chi connectivity index (χ0) is 18.6. The fraction of sp³-hybridized carbons (Fsp3) is 0.409. The number of rotatable bonds is 14. The highest BCUT2D eigenvalue weighted by Crippen LogP contribution is 1.99. The summed E-state index contributed by atoms with van der Waals surface area (Å²) in [6.45, 7) is 2.13. The molecule has 0 heterocycles. The van der Waals surface area contributed by atoms with Gasteiger partial charge in [0.15, 0.2) is 0 Å². The Kier molecular flexibility index (Phi) is 16.7. The van der Waals surface area contributed by atoms with E-state index in [1.54, 1.807) is 12.2 Å². The summed E-state index contributed by atoms with van der Waals surface area (Å²) in [4.78, 5) is 10.3. The number of aliphatic hydroxyl groups is 1. The van der Waals surface area contributed by atoms with Crippen molar-refractivity contribution in [3.63, 3.8) is 0 Å². The van der Waals surface area contributed by atoms with Crippen LogP contribution >= 0.6 is 0 Å². The summed E-state index contributed by atoms with van der Waals surface area (Å²) in [6.07, 6.45) is 28.6. The molecule has 0 saturated carbocycles. The van der Waals surface area contributed by atoms with Crippen LogP contribution in [-0.4, -0.2) is 22.3 Å². The highest BCUT2D eigenvalue weighted by Gasteiger charge is 1.95. The molecule has 0 aromatic carbocycles. The van der Waals surface area contributed by atoms with Crippen LogP contribution in [-0.2, 0) is 4.79 Å². The third-order valence-corrected chi connectivity index (χ3v) is 3.20.